The topological polar surface area (TPSA) is 90.0 Å². The van der Waals surface area contributed by atoms with Gasteiger partial charge in [0.25, 0.3) is 0 Å². The first-order valence-corrected chi connectivity index (χ1v) is 7.72. The zero-order chi connectivity index (χ0) is 14.0. The molecule has 1 aromatic carbocycles. The lowest BCUT2D eigenvalue weighted by Crippen LogP contribution is -2.19. The van der Waals surface area contributed by atoms with Crippen LogP contribution in [0.5, 0.6) is 0 Å². The number of benzene rings is 1. The lowest BCUT2D eigenvalue weighted by atomic mass is 10.3. The summed E-state index contributed by atoms with van der Waals surface area (Å²) in [5.41, 5.74) is 6.07. The standard InChI is InChI=1S/C11H14N4O2S2/c1-13-19(16,17)11-5-8(12)3-4-10(11)18-9-6-14-15(2)7-9/h3-7,13H,12H2,1-2H3. The van der Waals surface area contributed by atoms with Gasteiger partial charge in [-0.2, -0.15) is 5.10 Å². The summed E-state index contributed by atoms with van der Waals surface area (Å²) in [6.07, 6.45) is 3.49. The normalized spacial score (nSPS) is 11.7. The molecule has 1 heterocycles. The molecule has 102 valence electrons. The number of aromatic nitrogens is 2. The van der Waals surface area contributed by atoms with Gasteiger partial charge in [-0.3, -0.25) is 4.68 Å². The quantitative estimate of drug-likeness (QED) is 0.824. The molecule has 0 unspecified atom stereocenters. The summed E-state index contributed by atoms with van der Waals surface area (Å²) >= 11 is 1.33. The molecule has 0 aliphatic rings. The summed E-state index contributed by atoms with van der Waals surface area (Å²) in [6.45, 7) is 0. The van der Waals surface area contributed by atoms with Crippen LogP contribution < -0.4 is 10.5 Å². The molecule has 0 saturated heterocycles. The molecule has 2 aromatic rings. The van der Waals surface area contributed by atoms with Gasteiger partial charge in [-0.15, -0.1) is 0 Å². The number of anilines is 1. The smallest absolute Gasteiger partial charge is 0.241 e. The van der Waals surface area contributed by atoms with Crippen LogP contribution in [0.1, 0.15) is 0 Å². The van der Waals surface area contributed by atoms with Gasteiger partial charge in [0.2, 0.25) is 10.0 Å². The Hall–Kier alpha value is -1.51. The van der Waals surface area contributed by atoms with Crippen molar-refractivity contribution in [1.29, 1.82) is 0 Å². The summed E-state index contributed by atoms with van der Waals surface area (Å²) in [5.74, 6) is 0. The molecule has 0 amide bonds. The SMILES string of the molecule is CNS(=O)(=O)c1cc(N)ccc1Sc1cnn(C)c1. The molecule has 1 aromatic heterocycles. The Morgan fingerprint density at radius 3 is 2.74 bits per heavy atom. The minimum absolute atomic E-state index is 0.170. The lowest BCUT2D eigenvalue weighted by Gasteiger charge is -2.09. The van der Waals surface area contributed by atoms with Crippen LogP contribution in [0.15, 0.2) is 45.3 Å². The molecule has 0 spiro atoms. The van der Waals surface area contributed by atoms with Gasteiger partial charge in [-0.05, 0) is 25.2 Å². The number of nitrogens with zero attached hydrogens (tertiary/aromatic N) is 2. The zero-order valence-corrected chi connectivity index (χ0v) is 12.1. The fraction of sp³-hybridized carbons (Fsp3) is 0.182. The number of nitrogens with two attached hydrogens (primary N) is 1. The molecule has 3 N–H and O–H groups in total. The molecule has 0 saturated carbocycles. The fourth-order valence-corrected chi connectivity index (χ4v) is 3.66. The van der Waals surface area contributed by atoms with Crippen LogP contribution in [-0.4, -0.2) is 25.2 Å². The molecule has 0 fully saturated rings. The second kappa shape index (κ2) is 5.24. The van der Waals surface area contributed by atoms with Crippen LogP contribution in [0.3, 0.4) is 0 Å². The highest BCUT2D eigenvalue weighted by Crippen LogP contribution is 2.33. The highest BCUT2D eigenvalue weighted by molar-refractivity contribution is 8.00. The van der Waals surface area contributed by atoms with Gasteiger partial charge in [0, 0.05) is 23.8 Å². The van der Waals surface area contributed by atoms with Crippen molar-refractivity contribution in [2.45, 2.75) is 14.7 Å². The first-order valence-electron chi connectivity index (χ1n) is 5.42. The van der Waals surface area contributed by atoms with E-state index in [9.17, 15) is 8.42 Å². The molecular weight excluding hydrogens is 284 g/mol. The average Bonchev–Trinajstić information content (AvgIpc) is 2.77. The van der Waals surface area contributed by atoms with Gasteiger partial charge >= 0.3 is 0 Å². The maximum Gasteiger partial charge on any atom is 0.241 e. The van der Waals surface area contributed by atoms with Crippen molar-refractivity contribution in [3.63, 3.8) is 0 Å². The third kappa shape index (κ3) is 3.09. The summed E-state index contributed by atoms with van der Waals surface area (Å²) in [4.78, 5) is 1.64. The van der Waals surface area contributed by atoms with E-state index in [1.54, 1.807) is 30.1 Å². The van der Waals surface area contributed by atoms with Gasteiger partial charge in [-0.1, -0.05) is 11.8 Å². The van der Waals surface area contributed by atoms with E-state index >= 15 is 0 Å². The number of hydrogen-bond acceptors (Lipinski definition) is 5. The monoisotopic (exact) mass is 298 g/mol. The Kier molecular flexibility index (Phi) is 3.83. The largest absolute Gasteiger partial charge is 0.399 e. The molecule has 0 atom stereocenters. The summed E-state index contributed by atoms with van der Waals surface area (Å²) in [7, 11) is -0.367. The number of hydrogen-bond donors (Lipinski definition) is 2. The first kappa shape index (κ1) is 13.9. The Balaban J connectivity index is 2.46. The Labute approximate surface area is 116 Å². The van der Waals surface area contributed by atoms with Crippen molar-refractivity contribution in [1.82, 2.24) is 14.5 Å². The summed E-state index contributed by atoms with van der Waals surface area (Å²) in [6, 6.07) is 4.81. The summed E-state index contributed by atoms with van der Waals surface area (Å²) < 4.78 is 27.9. The Bertz CT molecular complexity index is 694. The van der Waals surface area contributed by atoms with E-state index in [1.807, 2.05) is 6.20 Å². The highest BCUT2D eigenvalue weighted by Gasteiger charge is 2.18. The van der Waals surface area contributed by atoms with E-state index in [0.29, 0.717) is 10.6 Å². The third-order valence-corrected chi connectivity index (χ3v) is 5.04. The van der Waals surface area contributed by atoms with E-state index in [0.717, 1.165) is 4.90 Å². The van der Waals surface area contributed by atoms with E-state index in [4.69, 9.17) is 5.73 Å². The molecule has 0 bridgehead atoms. The second-order valence-corrected chi connectivity index (χ2v) is 6.84. The maximum absolute atomic E-state index is 12.0. The van der Waals surface area contributed by atoms with Crippen LogP contribution in [0.25, 0.3) is 0 Å². The van der Waals surface area contributed by atoms with Crippen molar-refractivity contribution < 1.29 is 8.42 Å². The van der Waals surface area contributed by atoms with Gasteiger partial charge in [-0.25, -0.2) is 13.1 Å². The lowest BCUT2D eigenvalue weighted by molar-refractivity contribution is 0.586. The number of sulfonamides is 1. The van der Waals surface area contributed by atoms with Crippen molar-refractivity contribution in [2.75, 3.05) is 12.8 Å². The number of aryl methyl sites for hydroxylation is 1. The second-order valence-electron chi connectivity index (χ2n) is 3.87. The minimum Gasteiger partial charge on any atom is -0.399 e. The molecule has 0 radical (unpaired) electrons. The minimum atomic E-state index is -3.54. The fourth-order valence-electron chi connectivity index (χ4n) is 1.51. The average molecular weight is 298 g/mol. The summed E-state index contributed by atoms with van der Waals surface area (Å²) in [5, 5.41) is 4.05. The van der Waals surface area contributed by atoms with Crippen LogP contribution >= 0.6 is 11.8 Å². The van der Waals surface area contributed by atoms with E-state index in [-0.39, 0.29) is 4.90 Å². The van der Waals surface area contributed by atoms with E-state index in [2.05, 4.69) is 9.82 Å². The molecule has 0 aliphatic carbocycles. The Morgan fingerprint density at radius 2 is 2.16 bits per heavy atom. The molecule has 19 heavy (non-hydrogen) atoms. The van der Waals surface area contributed by atoms with Crippen LogP contribution in [0, 0.1) is 0 Å². The number of nitrogen functional groups attached to an aromatic ring is 1. The molecule has 2 rings (SSSR count). The first-order chi connectivity index (χ1) is 8.92. The van der Waals surface area contributed by atoms with Crippen LogP contribution in [-0.2, 0) is 17.1 Å². The van der Waals surface area contributed by atoms with Crippen LogP contribution in [0.4, 0.5) is 5.69 Å². The van der Waals surface area contributed by atoms with Crippen molar-refractivity contribution in [2.24, 2.45) is 7.05 Å². The number of rotatable bonds is 4. The number of nitrogens with one attached hydrogen (secondary N) is 1. The van der Waals surface area contributed by atoms with Gasteiger partial charge in [0.1, 0.15) is 0 Å². The zero-order valence-electron chi connectivity index (χ0n) is 10.5. The predicted octanol–water partition coefficient (Wildman–Crippen LogP) is 1.06. The van der Waals surface area contributed by atoms with Crippen molar-refractivity contribution in [3.05, 3.63) is 30.6 Å². The predicted molar refractivity (Wildman–Crippen MR) is 74.4 cm³/mol. The van der Waals surface area contributed by atoms with Gasteiger partial charge in [0.15, 0.2) is 0 Å². The highest BCUT2D eigenvalue weighted by atomic mass is 32.2. The van der Waals surface area contributed by atoms with Crippen LogP contribution in [0.2, 0.25) is 0 Å². The molecule has 6 nitrogen and oxygen atoms in total. The van der Waals surface area contributed by atoms with Crippen molar-refractivity contribution in [3.8, 4) is 0 Å². The molecule has 0 aliphatic heterocycles. The molecular formula is C11H14N4O2S2. The Morgan fingerprint density at radius 1 is 1.42 bits per heavy atom. The van der Waals surface area contributed by atoms with E-state index in [1.165, 1.54) is 24.9 Å². The maximum atomic E-state index is 12.0. The van der Waals surface area contributed by atoms with E-state index < -0.39 is 10.0 Å². The van der Waals surface area contributed by atoms with Crippen molar-refractivity contribution >= 4 is 27.5 Å². The van der Waals surface area contributed by atoms with Gasteiger partial charge < -0.3 is 5.73 Å². The third-order valence-electron chi connectivity index (χ3n) is 2.44. The van der Waals surface area contributed by atoms with Gasteiger partial charge in [0.05, 0.1) is 16.0 Å². The molecule has 8 heteroatoms.